The van der Waals surface area contributed by atoms with Crippen LogP contribution in [0.2, 0.25) is 0 Å². The van der Waals surface area contributed by atoms with E-state index in [0.717, 1.165) is 11.1 Å². The third-order valence-corrected chi connectivity index (χ3v) is 4.76. The minimum atomic E-state index is -0.775. The molecule has 3 aromatic rings. The van der Waals surface area contributed by atoms with E-state index in [1.165, 1.54) is 0 Å². The maximum absolute atomic E-state index is 13.3. The summed E-state index contributed by atoms with van der Waals surface area (Å²) in [6.07, 6.45) is -0.775. The normalized spacial score (nSPS) is 15.3. The van der Waals surface area contributed by atoms with Gasteiger partial charge in [-0.05, 0) is 36.8 Å². The molecule has 4 rings (SSSR count). The number of rotatable bonds is 5. The first-order valence-electron chi connectivity index (χ1n) is 9.62. The van der Waals surface area contributed by atoms with E-state index in [2.05, 4.69) is 4.98 Å². The molecule has 7 heteroatoms. The summed E-state index contributed by atoms with van der Waals surface area (Å²) in [5, 5.41) is 0. The average molecular weight is 403 g/mol. The summed E-state index contributed by atoms with van der Waals surface area (Å²) < 4.78 is 11.0. The monoisotopic (exact) mass is 403 g/mol. The number of hydrogen-bond donors (Lipinski definition) is 1. The second-order valence-electron chi connectivity index (χ2n) is 6.81. The lowest BCUT2D eigenvalue weighted by molar-refractivity contribution is -0.126. The van der Waals surface area contributed by atoms with Crippen molar-refractivity contribution in [2.45, 2.75) is 19.6 Å². The number of aromatic nitrogens is 1. The Morgan fingerprint density at radius 1 is 1.10 bits per heavy atom. The number of fused-ring (bicyclic) bond motifs is 1. The summed E-state index contributed by atoms with van der Waals surface area (Å²) in [5.41, 5.74) is 7.90. The highest BCUT2D eigenvalue weighted by molar-refractivity contribution is 5.99. The van der Waals surface area contributed by atoms with Crippen molar-refractivity contribution >= 4 is 23.5 Å². The number of carbonyl (C=O) groups is 2. The molecular formula is C23H21N3O4. The number of amides is 1. The van der Waals surface area contributed by atoms with Gasteiger partial charge in [0, 0.05) is 5.56 Å². The van der Waals surface area contributed by atoms with Gasteiger partial charge in [-0.2, -0.15) is 0 Å². The van der Waals surface area contributed by atoms with Crippen LogP contribution in [0, 0.1) is 0 Å². The van der Waals surface area contributed by atoms with Gasteiger partial charge in [0.2, 0.25) is 6.10 Å². The van der Waals surface area contributed by atoms with Gasteiger partial charge in [0.25, 0.3) is 5.91 Å². The molecule has 2 aromatic carbocycles. The molecule has 2 heterocycles. The van der Waals surface area contributed by atoms with Gasteiger partial charge in [-0.15, -0.1) is 0 Å². The van der Waals surface area contributed by atoms with Gasteiger partial charge in [0.15, 0.2) is 11.6 Å². The van der Waals surface area contributed by atoms with Crippen LogP contribution in [0.3, 0.4) is 0 Å². The lowest BCUT2D eigenvalue weighted by Crippen LogP contribution is -2.41. The van der Waals surface area contributed by atoms with Crippen LogP contribution in [0.4, 0.5) is 11.6 Å². The van der Waals surface area contributed by atoms with Crippen LogP contribution in [0.5, 0.6) is 5.75 Å². The number of carbonyl (C=O) groups excluding carboxylic acids is 2. The Kier molecular flexibility index (Phi) is 5.34. The zero-order valence-corrected chi connectivity index (χ0v) is 16.4. The summed E-state index contributed by atoms with van der Waals surface area (Å²) in [7, 11) is 0. The predicted molar refractivity (Wildman–Crippen MR) is 112 cm³/mol. The molecule has 152 valence electrons. The van der Waals surface area contributed by atoms with Crippen molar-refractivity contribution in [3.63, 3.8) is 0 Å². The van der Waals surface area contributed by atoms with Crippen molar-refractivity contribution in [3.8, 4) is 5.75 Å². The second kappa shape index (κ2) is 8.24. The molecule has 1 aliphatic rings. The Morgan fingerprint density at radius 2 is 1.83 bits per heavy atom. The SMILES string of the molecule is CCOC(=O)c1ccc(CN2C(=O)C(c3ccccc3)Oc3ccc(N)nc32)cc1. The first kappa shape index (κ1) is 19.4. The molecule has 7 nitrogen and oxygen atoms in total. The van der Waals surface area contributed by atoms with Crippen LogP contribution in [0.1, 0.15) is 34.5 Å². The van der Waals surface area contributed by atoms with E-state index < -0.39 is 6.10 Å². The van der Waals surface area contributed by atoms with Gasteiger partial charge in [-0.3, -0.25) is 9.69 Å². The second-order valence-corrected chi connectivity index (χ2v) is 6.81. The number of hydrogen-bond acceptors (Lipinski definition) is 6. The van der Waals surface area contributed by atoms with Crippen molar-refractivity contribution in [2.75, 3.05) is 17.2 Å². The van der Waals surface area contributed by atoms with E-state index in [4.69, 9.17) is 15.2 Å². The quantitative estimate of drug-likeness (QED) is 0.655. The zero-order valence-electron chi connectivity index (χ0n) is 16.4. The molecule has 1 aromatic heterocycles. The third kappa shape index (κ3) is 3.82. The van der Waals surface area contributed by atoms with E-state index >= 15 is 0 Å². The van der Waals surface area contributed by atoms with Crippen LogP contribution < -0.4 is 15.4 Å². The highest BCUT2D eigenvalue weighted by Crippen LogP contribution is 2.38. The third-order valence-electron chi connectivity index (χ3n) is 4.76. The number of ether oxygens (including phenoxy) is 2. The Balaban J connectivity index is 1.66. The van der Waals surface area contributed by atoms with Crippen molar-refractivity contribution in [1.82, 2.24) is 4.98 Å². The topological polar surface area (TPSA) is 94.8 Å². The summed E-state index contributed by atoms with van der Waals surface area (Å²) in [6, 6.07) is 19.6. The van der Waals surface area contributed by atoms with Gasteiger partial charge < -0.3 is 15.2 Å². The molecule has 2 N–H and O–H groups in total. The number of nitrogens with two attached hydrogens (primary N) is 1. The number of nitrogen functional groups attached to an aromatic ring is 1. The maximum Gasteiger partial charge on any atom is 0.338 e. The Morgan fingerprint density at radius 3 is 2.53 bits per heavy atom. The molecule has 30 heavy (non-hydrogen) atoms. The molecule has 1 amide bonds. The fourth-order valence-corrected chi connectivity index (χ4v) is 3.29. The number of esters is 1. The Labute approximate surface area is 174 Å². The molecule has 0 radical (unpaired) electrons. The molecule has 0 bridgehead atoms. The van der Waals surface area contributed by atoms with E-state index in [-0.39, 0.29) is 18.4 Å². The van der Waals surface area contributed by atoms with Crippen molar-refractivity contribution in [1.29, 1.82) is 0 Å². The first-order chi connectivity index (χ1) is 14.6. The van der Waals surface area contributed by atoms with E-state index in [1.54, 1.807) is 48.2 Å². The van der Waals surface area contributed by atoms with Crippen LogP contribution in [0.25, 0.3) is 0 Å². The molecule has 0 aliphatic carbocycles. The standard InChI is InChI=1S/C23H21N3O4/c1-2-29-23(28)17-10-8-15(9-11-17)14-26-21-18(12-13-19(24)25-21)30-20(22(26)27)16-6-4-3-5-7-16/h3-13,20H,2,14H2,1H3,(H2,24,25). The number of nitrogens with zero attached hydrogens (tertiary/aromatic N) is 2. The molecule has 0 fully saturated rings. The smallest absolute Gasteiger partial charge is 0.338 e. The fraction of sp³-hybridized carbons (Fsp3) is 0.174. The lowest BCUT2D eigenvalue weighted by Gasteiger charge is -2.33. The summed E-state index contributed by atoms with van der Waals surface area (Å²) in [4.78, 5) is 31.1. The van der Waals surface area contributed by atoms with Crippen LogP contribution in [-0.2, 0) is 16.1 Å². The van der Waals surface area contributed by atoms with E-state index in [1.807, 2.05) is 30.3 Å². The summed E-state index contributed by atoms with van der Waals surface area (Å²) >= 11 is 0. The van der Waals surface area contributed by atoms with Gasteiger partial charge in [-0.1, -0.05) is 42.5 Å². The molecular weight excluding hydrogens is 382 g/mol. The highest BCUT2D eigenvalue weighted by atomic mass is 16.5. The zero-order chi connectivity index (χ0) is 21.1. The molecule has 1 aliphatic heterocycles. The largest absolute Gasteiger partial charge is 0.472 e. The minimum Gasteiger partial charge on any atom is -0.472 e. The van der Waals surface area contributed by atoms with Gasteiger partial charge >= 0.3 is 5.97 Å². The molecule has 0 saturated carbocycles. The fourth-order valence-electron chi connectivity index (χ4n) is 3.29. The number of benzene rings is 2. The predicted octanol–water partition coefficient (Wildman–Crippen LogP) is 3.51. The van der Waals surface area contributed by atoms with Gasteiger partial charge in [-0.25, -0.2) is 9.78 Å². The van der Waals surface area contributed by atoms with E-state index in [0.29, 0.717) is 29.6 Å². The number of anilines is 2. The van der Waals surface area contributed by atoms with Crippen LogP contribution >= 0.6 is 0 Å². The average Bonchev–Trinajstić information content (AvgIpc) is 2.77. The van der Waals surface area contributed by atoms with Crippen molar-refractivity contribution < 1.29 is 19.1 Å². The molecule has 0 saturated heterocycles. The van der Waals surface area contributed by atoms with Gasteiger partial charge in [0.05, 0.1) is 18.7 Å². The summed E-state index contributed by atoms with van der Waals surface area (Å²) in [5.74, 6) is 0.546. The number of pyridine rings is 1. The minimum absolute atomic E-state index is 0.235. The van der Waals surface area contributed by atoms with Crippen molar-refractivity contribution in [2.24, 2.45) is 0 Å². The van der Waals surface area contributed by atoms with Gasteiger partial charge in [0.1, 0.15) is 5.82 Å². The Hall–Kier alpha value is -3.87. The molecule has 1 atom stereocenters. The summed E-state index contributed by atoms with van der Waals surface area (Å²) in [6.45, 7) is 2.33. The Bertz CT molecular complexity index is 1070. The molecule has 0 spiro atoms. The van der Waals surface area contributed by atoms with Crippen LogP contribution in [0.15, 0.2) is 66.7 Å². The lowest BCUT2D eigenvalue weighted by atomic mass is 10.1. The van der Waals surface area contributed by atoms with Crippen LogP contribution in [-0.4, -0.2) is 23.5 Å². The maximum atomic E-state index is 13.3. The first-order valence-corrected chi connectivity index (χ1v) is 9.62. The van der Waals surface area contributed by atoms with Crippen molar-refractivity contribution in [3.05, 3.63) is 83.4 Å². The highest BCUT2D eigenvalue weighted by Gasteiger charge is 2.36. The molecule has 1 unspecified atom stereocenters. The van der Waals surface area contributed by atoms with E-state index in [9.17, 15) is 9.59 Å².